The van der Waals surface area contributed by atoms with Crippen LogP contribution in [0.4, 0.5) is 10.1 Å². The molecule has 1 heterocycles. The van der Waals surface area contributed by atoms with Crippen molar-refractivity contribution in [2.75, 3.05) is 5.32 Å². The van der Waals surface area contributed by atoms with Gasteiger partial charge in [-0.15, -0.1) is 0 Å². The van der Waals surface area contributed by atoms with E-state index >= 15 is 0 Å². The van der Waals surface area contributed by atoms with Gasteiger partial charge in [-0.05, 0) is 42.5 Å². The lowest BCUT2D eigenvalue weighted by Gasteiger charge is -2.11. The first-order valence-electron chi connectivity index (χ1n) is 9.20. The Morgan fingerprint density at radius 1 is 1.03 bits per heavy atom. The van der Waals surface area contributed by atoms with E-state index in [1.54, 1.807) is 6.07 Å². The minimum atomic E-state index is -4.01. The number of hydrogen-bond acceptors (Lipinski definition) is 6. The Hall–Kier alpha value is -3.99. The summed E-state index contributed by atoms with van der Waals surface area (Å²) in [5.41, 5.74) is -0.537. The summed E-state index contributed by atoms with van der Waals surface area (Å²) in [4.78, 5) is 41.2. The number of anilines is 1. The molecule has 0 aliphatic rings. The van der Waals surface area contributed by atoms with Gasteiger partial charge in [-0.25, -0.2) is 17.5 Å². The lowest BCUT2D eigenvalue weighted by molar-refractivity contribution is -0.117. The number of rotatable bonds is 7. The molecule has 2 N–H and O–H groups in total. The molecule has 11 heteroatoms. The third-order valence-corrected chi connectivity index (χ3v) is 5.63. The van der Waals surface area contributed by atoms with Crippen molar-refractivity contribution in [1.82, 2.24) is 9.45 Å². The number of nitrogens with zero attached hydrogens (tertiary/aromatic N) is 1. The van der Waals surface area contributed by atoms with Crippen LogP contribution in [0.25, 0.3) is 0 Å². The van der Waals surface area contributed by atoms with Crippen LogP contribution in [0.2, 0.25) is 0 Å². The van der Waals surface area contributed by atoms with Crippen LogP contribution in [0.5, 0.6) is 0 Å². The van der Waals surface area contributed by atoms with E-state index in [1.807, 2.05) is 4.72 Å². The van der Waals surface area contributed by atoms with Gasteiger partial charge in [0, 0.05) is 24.4 Å². The molecule has 0 aliphatic carbocycles. The van der Waals surface area contributed by atoms with Crippen LogP contribution in [0, 0.1) is 5.82 Å². The van der Waals surface area contributed by atoms with Gasteiger partial charge in [-0.2, -0.15) is 4.73 Å². The molecule has 2 amide bonds. The van der Waals surface area contributed by atoms with Gasteiger partial charge in [0.2, 0.25) is 5.91 Å². The van der Waals surface area contributed by atoms with Crippen LogP contribution >= 0.6 is 0 Å². The average molecular weight is 459 g/mol. The molecule has 0 saturated carbocycles. The first-order chi connectivity index (χ1) is 15.2. The van der Waals surface area contributed by atoms with Crippen molar-refractivity contribution in [2.45, 2.75) is 18.4 Å². The van der Waals surface area contributed by atoms with E-state index in [1.165, 1.54) is 60.8 Å². The second-order valence-electron chi connectivity index (χ2n) is 6.56. The van der Waals surface area contributed by atoms with Crippen LogP contribution in [-0.4, -0.2) is 25.0 Å². The van der Waals surface area contributed by atoms with E-state index in [2.05, 4.69) is 5.32 Å². The maximum atomic E-state index is 13.7. The molecule has 0 unspecified atom stereocenters. The second kappa shape index (κ2) is 9.43. The Balaban J connectivity index is 1.73. The van der Waals surface area contributed by atoms with E-state index in [0.29, 0.717) is 0 Å². The van der Waals surface area contributed by atoms with Crippen molar-refractivity contribution in [3.05, 3.63) is 94.2 Å². The molecular weight excluding hydrogens is 441 g/mol. The first-order valence-corrected chi connectivity index (χ1v) is 10.7. The Morgan fingerprint density at radius 2 is 1.72 bits per heavy atom. The molecule has 3 aromatic rings. The number of carbonyl (C=O) groups is 2. The number of aromatic nitrogens is 1. The molecule has 9 nitrogen and oxygen atoms in total. The maximum Gasteiger partial charge on any atom is 0.295 e. The SMILES string of the molecule is CC(=O)NS(=O)(=O)c1ccc(NC(=O)c2cccn(OCc3ccccc3F)c2=O)cc1. The molecular formula is C21H18FN3O6S. The Labute approximate surface area is 182 Å². The van der Waals surface area contributed by atoms with E-state index in [-0.39, 0.29) is 28.3 Å². The smallest absolute Gasteiger partial charge is 0.295 e. The highest BCUT2D eigenvalue weighted by atomic mass is 32.2. The zero-order chi connectivity index (χ0) is 23.3. The largest absolute Gasteiger partial charge is 0.406 e. The fourth-order valence-corrected chi connectivity index (χ4v) is 3.66. The highest BCUT2D eigenvalue weighted by Gasteiger charge is 2.17. The molecule has 0 aliphatic heterocycles. The average Bonchev–Trinajstić information content (AvgIpc) is 2.73. The third-order valence-electron chi connectivity index (χ3n) is 4.18. The summed E-state index contributed by atoms with van der Waals surface area (Å²) in [6.07, 6.45) is 1.29. The highest BCUT2D eigenvalue weighted by Crippen LogP contribution is 2.14. The maximum absolute atomic E-state index is 13.7. The number of pyridine rings is 1. The number of sulfonamides is 1. The Morgan fingerprint density at radius 3 is 2.38 bits per heavy atom. The fourth-order valence-electron chi connectivity index (χ4n) is 2.67. The van der Waals surface area contributed by atoms with Crippen molar-refractivity contribution < 1.29 is 27.2 Å². The van der Waals surface area contributed by atoms with Crippen molar-refractivity contribution in [3.63, 3.8) is 0 Å². The molecule has 2 aromatic carbocycles. The standard InChI is InChI=1S/C21H18FN3O6S/c1-14(26)24-32(29,30)17-10-8-16(9-11-17)23-20(27)18-6-4-12-25(21(18)28)31-13-15-5-2-3-7-19(15)22/h2-12H,13H2,1H3,(H,23,27)(H,24,26). The zero-order valence-electron chi connectivity index (χ0n) is 16.7. The van der Waals surface area contributed by atoms with E-state index in [4.69, 9.17) is 4.84 Å². The third kappa shape index (κ3) is 5.38. The predicted octanol–water partition coefficient (Wildman–Crippen LogP) is 1.69. The highest BCUT2D eigenvalue weighted by molar-refractivity contribution is 7.90. The first kappa shape index (κ1) is 22.7. The molecule has 0 spiro atoms. The monoisotopic (exact) mass is 459 g/mol. The lowest BCUT2D eigenvalue weighted by atomic mass is 10.2. The van der Waals surface area contributed by atoms with Gasteiger partial charge < -0.3 is 10.2 Å². The number of hydrogen-bond donors (Lipinski definition) is 2. The van der Waals surface area contributed by atoms with Crippen LogP contribution < -0.4 is 20.4 Å². The summed E-state index contributed by atoms with van der Waals surface area (Å²) in [5.74, 6) is -1.98. The molecule has 0 fully saturated rings. The second-order valence-corrected chi connectivity index (χ2v) is 8.24. The Kier molecular flexibility index (Phi) is 6.69. The van der Waals surface area contributed by atoms with Crippen molar-refractivity contribution in [3.8, 4) is 0 Å². The topological polar surface area (TPSA) is 124 Å². The van der Waals surface area contributed by atoms with Crippen LogP contribution in [0.1, 0.15) is 22.8 Å². The quantitative estimate of drug-likeness (QED) is 0.554. The van der Waals surface area contributed by atoms with E-state index in [0.717, 1.165) is 11.7 Å². The minimum Gasteiger partial charge on any atom is -0.406 e. The molecule has 166 valence electrons. The summed E-state index contributed by atoms with van der Waals surface area (Å²) in [6.45, 7) is 0.848. The molecule has 32 heavy (non-hydrogen) atoms. The number of benzene rings is 2. The van der Waals surface area contributed by atoms with Crippen molar-refractivity contribution in [1.29, 1.82) is 0 Å². The van der Waals surface area contributed by atoms with E-state index in [9.17, 15) is 27.2 Å². The fraction of sp³-hybridized carbons (Fsp3) is 0.0952. The summed E-state index contributed by atoms with van der Waals surface area (Å²) in [7, 11) is -4.01. The molecule has 3 rings (SSSR count). The zero-order valence-corrected chi connectivity index (χ0v) is 17.6. The van der Waals surface area contributed by atoms with Gasteiger partial charge in [0.1, 0.15) is 18.0 Å². The Bertz CT molecular complexity index is 1320. The molecule has 0 bridgehead atoms. The van der Waals surface area contributed by atoms with Gasteiger partial charge in [-0.3, -0.25) is 14.4 Å². The van der Waals surface area contributed by atoms with Gasteiger partial charge in [0.25, 0.3) is 21.5 Å². The van der Waals surface area contributed by atoms with Gasteiger partial charge in [0.05, 0.1) is 4.90 Å². The lowest BCUT2D eigenvalue weighted by Crippen LogP contribution is -2.32. The minimum absolute atomic E-state index is 0.172. The normalized spacial score (nSPS) is 10.9. The summed E-state index contributed by atoms with van der Waals surface area (Å²) in [5, 5.41) is 2.48. The molecule has 0 radical (unpaired) electrons. The molecule has 1 aromatic heterocycles. The van der Waals surface area contributed by atoms with Crippen molar-refractivity contribution >= 4 is 27.5 Å². The summed E-state index contributed by atoms with van der Waals surface area (Å²) >= 11 is 0. The van der Waals surface area contributed by atoms with Gasteiger partial charge >= 0.3 is 0 Å². The summed E-state index contributed by atoms with van der Waals surface area (Å²) in [6, 6.07) is 13.6. The van der Waals surface area contributed by atoms with Crippen LogP contribution in [0.3, 0.4) is 0 Å². The van der Waals surface area contributed by atoms with Crippen LogP contribution in [-0.2, 0) is 21.4 Å². The van der Waals surface area contributed by atoms with Crippen LogP contribution in [0.15, 0.2) is 76.6 Å². The van der Waals surface area contributed by atoms with Gasteiger partial charge in [-0.1, -0.05) is 18.2 Å². The number of amides is 2. The number of nitrogens with one attached hydrogen (secondary N) is 2. The van der Waals surface area contributed by atoms with E-state index < -0.39 is 33.2 Å². The summed E-state index contributed by atoms with van der Waals surface area (Å²) < 4.78 is 40.3. The molecule has 0 atom stereocenters. The number of halogens is 1. The predicted molar refractivity (Wildman–Crippen MR) is 113 cm³/mol. The van der Waals surface area contributed by atoms with Crippen molar-refractivity contribution in [2.24, 2.45) is 0 Å². The number of carbonyl (C=O) groups excluding carboxylic acids is 2. The van der Waals surface area contributed by atoms with Gasteiger partial charge in [0.15, 0.2) is 0 Å². The molecule has 0 saturated heterocycles.